The van der Waals surface area contributed by atoms with Crippen LogP contribution in [0.5, 0.6) is 0 Å². The third-order valence-corrected chi connectivity index (χ3v) is 4.54. The molecule has 25 heavy (non-hydrogen) atoms. The van der Waals surface area contributed by atoms with Crippen molar-refractivity contribution < 1.29 is 14.4 Å². The number of carbonyl (C=O) groups excluding carboxylic acids is 3. The van der Waals surface area contributed by atoms with Gasteiger partial charge in [-0.15, -0.1) is 0 Å². The Morgan fingerprint density at radius 2 is 1.88 bits per heavy atom. The fourth-order valence-corrected chi connectivity index (χ4v) is 2.83. The summed E-state index contributed by atoms with van der Waals surface area (Å²) in [6.07, 6.45) is 6.53. The summed E-state index contributed by atoms with van der Waals surface area (Å²) < 4.78 is 0. The van der Waals surface area contributed by atoms with Gasteiger partial charge >= 0.3 is 0 Å². The second-order valence-corrected chi connectivity index (χ2v) is 6.47. The van der Waals surface area contributed by atoms with Gasteiger partial charge < -0.3 is 10.5 Å². The molecule has 1 aromatic carbocycles. The number of benzene rings is 1. The van der Waals surface area contributed by atoms with Gasteiger partial charge in [0.25, 0.3) is 5.91 Å². The zero-order valence-corrected chi connectivity index (χ0v) is 15.4. The minimum Gasteiger partial charge on any atom is -0.321 e. The number of nitrogens with one attached hydrogen (secondary N) is 1. The van der Waals surface area contributed by atoms with Crippen LogP contribution in [0.3, 0.4) is 0 Å². The zero-order chi connectivity index (χ0) is 19.0. The Kier molecular flexibility index (Phi) is 7.77. The quantitative estimate of drug-likeness (QED) is 0.801. The van der Waals surface area contributed by atoms with Crippen molar-refractivity contribution >= 4 is 19.1 Å². The van der Waals surface area contributed by atoms with Gasteiger partial charge in [0, 0.05) is 11.1 Å². The first-order valence-corrected chi connectivity index (χ1v) is 8.70. The van der Waals surface area contributed by atoms with Gasteiger partial charge in [0.15, 0.2) is 0 Å². The van der Waals surface area contributed by atoms with Gasteiger partial charge in [-0.3, -0.25) is 15.0 Å². The van der Waals surface area contributed by atoms with Crippen molar-refractivity contribution in [3.05, 3.63) is 34.4 Å². The average Bonchev–Trinajstić information content (AvgIpc) is 3.29. The fourth-order valence-electron chi connectivity index (χ4n) is 2.83. The molecule has 2 aliphatic rings. The molecule has 0 radical (unpaired) electrons. The van der Waals surface area contributed by atoms with Gasteiger partial charge in [0.05, 0.1) is 6.54 Å². The molecular formula is C19H29N3O3. The van der Waals surface area contributed by atoms with Crippen molar-refractivity contribution in [2.24, 2.45) is 5.73 Å². The number of carbonyl (C=O) groups is 3. The fraction of sp³-hybridized carbons (Fsp3) is 0.526. The monoisotopic (exact) mass is 347 g/mol. The minimum absolute atomic E-state index is 0.161. The first-order chi connectivity index (χ1) is 12.0. The lowest BCUT2D eigenvalue weighted by atomic mass is 9.96. The highest BCUT2D eigenvalue weighted by atomic mass is 16.2. The Morgan fingerprint density at radius 1 is 1.28 bits per heavy atom. The lowest BCUT2D eigenvalue weighted by Gasteiger charge is -2.12. The number of unbranched alkanes of at least 4 members (excludes halogenated alkanes) is 2. The molecule has 0 spiro atoms. The van der Waals surface area contributed by atoms with Crippen molar-refractivity contribution in [2.45, 2.75) is 65.0 Å². The van der Waals surface area contributed by atoms with Crippen molar-refractivity contribution in [3.8, 4) is 0 Å². The molecule has 0 unspecified atom stereocenters. The number of rotatable bonds is 5. The number of aryl methyl sites for hydroxylation is 1. The van der Waals surface area contributed by atoms with E-state index in [1.165, 1.54) is 24.3 Å². The minimum atomic E-state index is -0.244. The molecule has 1 saturated carbocycles. The molecule has 1 aromatic rings. The Bertz CT molecular complexity index is 610. The molecule has 2 amide bonds. The summed E-state index contributed by atoms with van der Waals surface area (Å²) in [6, 6.07) is 3.94. The molecule has 0 aromatic heterocycles. The SMILES string of the molecule is C=O.CCCCC.Cc1cc(C2(N)CC2)cc2c1CN(NC=O)C2=O. The largest absolute Gasteiger partial charge is 0.321 e. The third kappa shape index (κ3) is 4.89. The lowest BCUT2D eigenvalue weighted by Crippen LogP contribution is -2.37. The van der Waals surface area contributed by atoms with E-state index < -0.39 is 0 Å². The van der Waals surface area contributed by atoms with Crippen LogP contribution < -0.4 is 11.2 Å². The molecule has 1 aliphatic heterocycles. The molecule has 1 heterocycles. The Balaban J connectivity index is 0.000000388. The van der Waals surface area contributed by atoms with Gasteiger partial charge in [0.1, 0.15) is 6.79 Å². The van der Waals surface area contributed by atoms with Gasteiger partial charge in [-0.1, -0.05) is 39.2 Å². The van der Waals surface area contributed by atoms with Gasteiger partial charge in [-0.05, 0) is 42.5 Å². The Labute approximate surface area is 149 Å². The van der Waals surface area contributed by atoms with Crippen LogP contribution in [0.2, 0.25) is 0 Å². The van der Waals surface area contributed by atoms with Crippen molar-refractivity contribution in [1.82, 2.24) is 10.4 Å². The summed E-state index contributed by atoms with van der Waals surface area (Å²) in [5.41, 5.74) is 12.1. The standard InChI is InChI=1S/C13H15N3O2.C5H12.CH2O/c1-8-4-9(13(14)2-3-13)5-10-11(8)6-16(12(10)18)15-7-17;1-3-5-4-2;1-2/h4-5,7H,2-3,6,14H2,1H3,(H,15,17);3-5H2,1-2H3;1H2. The van der Waals surface area contributed by atoms with Crippen LogP contribution in [-0.2, 0) is 21.7 Å². The normalized spacial score (nSPS) is 16.0. The van der Waals surface area contributed by atoms with Gasteiger partial charge in [0.2, 0.25) is 6.41 Å². The highest BCUT2D eigenvalue weighted by Gasteiger charge is 2.41. The van der Waals surface area contributed by atoms with Crippen LogP contribution in [0.1, 0.15) is 73.0 Å². The summed E-state index contributed by atoms with van der Waals surface area (Å²) >= 11 is 0. The molecule has 0 saturated heterocycles. The van der Waals surface area contributed by atoms with Crippen LogP contribution in [0.25, 0.3) is 0 Å². The number of nitrogens with two attached hydrogens (primary N) is 1. The van der Waals surface area contributed by atoms with Crippen LogP contribution in [0.4, 0.5) is 0 Å². The van der Waals surface area contributed by atoms with Crippen LogP contribution in [0, 0.1) is 6.92 Å². The molecule has 138 valence electrons. The van der Waals surface area contributed by atoms with Gasteiger partial charge in [-0.25, -0.2) is 5.01 Å². The number of amides is 2. The van der Waals surface area contributed by atoms with Crippen molar-refractivity contribution in [2.75, 3.05) is 0 Å². The van der Waals surface area contributed by atoms with Crippen LogP contribution in [-0.4, -0.2) is 24.1 Å². The number of hydrogen-bond acceptors (Lipinski definition) is 4. The number of hydrogen-bond donors (Lipinski definition) is 2. The molecule has 3 rings (SSSR count). The number of nitrogens with zero attached hydrogens (tertiary/aromatic N) is 1. The molecule has 1 fully saturated rings. The smallest absolute Gasteiger partial charge is 0.272 e. The maximum Gasteiger partial charge on any atom is 0.272 e. The predicted octanol–water partition coefficient (Wildman–Crippen LogP) is 2.57. The van der Waals surface area contributed by atoms with Crippen molar-refractivity contribution in [1.29, 1.82) is 0 Å². The van der Waals surface area contributed by atoms with E-state index >= 15 is 0 Å². The van der Waals surface area contributed by atoms with Gasteiger partial charge in [-0.2, -0.15) is 0 Å². The molecule has 6 nitrogen and oxygen atoms in total. The molecule has 3 N–H and O–H groups in total. The Hall–Kier alpha value is -2.21. The van der Waals surface area contributed by atoms with E-state index in [0.29, 0.717) is 18.5 Å². The predicted molar refractivity (Wildman–Crippen MR) is 97.7 cm³/mol. The van der Waals surface area contributed by atoms with Crippen molar-refractivity contribution in [3.63, 3.8) is 0 Å². The second-order valence-electron chi connectivity index (χ2n) is 6.47. The topological polar surface area (TPSA) is 92.5 Å². The van der Waals surface area contributed by atoms with E-state index in [4.69, 9.17) is 10.5 Å². The first kappa shape index (κ1) is 20.8. The van der Waals surface area contributed by atoms with E-state index in [2.05, 4.69) is 25.3 Å². The molecule has 1 aliphatic carbocycles. The molecule has 0 atom stereocenters. The maximum atomic E-state index is 12.1. The number of hydrazine groups is 1. The molecule has 6 heteroatoms. The van der Waals surface area contributed by atoms with E-state index in [9.17, 15) is 9.59 Å². The molecular weight excluding hydrogens is 318 g/mol. The highest BCUT2D eigenvalue weighted by Crippen LogP contribution is 2.44. The Morgan fingerprint density at radius 3 is 2.32 bits per heavy atom. The summed E-state index contributed by atoms with van der Waals surface area (Å²) in [4.78, 5) is 30.6. The maximum absolute atomic E-state index is 12.1. The highest BCUT2D eigenvalue weighted by molar-refractivity contribution is 5.99. The second kappa shape index (κ2) is 9.32. The van der Waals surface area contributed by atoms with E-state index in [1.54, 1.807) is 0 Å². The van der Waals surface area contributed by atoms with Crippen LogP contribution >= 0.6 is 0 Å². The zero-order valence-electron chi connectivity index (χ0n) is 15.4. The van der Waals surface area contributed by atoms with E-state index in [1.807, 2.05) is 19.8 Å². The van der Waals surface area contributed by atoms with E-state index in [-0.39, 0.29) is 11.4 Å². The number of fused-ring (bicyclic) bond motifs is 1. The summed E-state index contributed by atoms with van der Waals surface area (Å²) in [5, 5.41) is 1.32. The first-order valence-electron chi connectivity index (χ1n) is 8.70. The summed E-state index contributed by atoms with van der Waals surface area (Å²) in [5.74, 6) is -0.161. The average molecular weight is 347 g/mol. The third-order valence-electron chi connectivity index (χ3n) is 4.54. The summed E-state index contributed by atoms with van der Waals surface area (Å²) in [6.45, 7) is 8.83. The lowest BCUT2D eigenvalue weighted by molar-refractivity contribution is -0.113. The summed E-state index contributed by atoms with van der Waals surface area (Å²) in [7, 11) is 0. The van der Waals surface area contributed by atoms with E-state index in [0.717, 1.165) is 29.5 Å². The molecule has 0 bridgehead atoms. The van der Waals surface area contributed by atoms with Crippen LogP contribution in [0.15, 0.2) is 12.1 Å².